The molecule has 4 aromatic rings. The van der Waals surface area contributed by atoms with Gasteiger partial charge in [0.1, 0.15) is 17.5 Å². The maximum atomic E-state index is 13.9. The number of nitrogens with zero attached hydrogens (tertiary/aromatic N) is 2. The molecule has 1 aromatic heterocycles. The summed E-state index contributed by atoms with van der Waals surface area (Å²) in [5, 5.41) is 40.4. The number of aliphatic hydroxyl groups is 3. The highest BCUT2D eigenvalue weighted by atomic mass is 16.4. The van der Waals surface area contributed by atoms with Crippen LogP contribution in [0.5, 0.6) is 5.75 Å². The third-order valence-corrected chi connectivity index (χ3v) is 6.90. The van der Waals surface area contributed by atoms with Gasteiger partial charge in [0.25, 0.3) is 5.91 Å². The number of fused-ring (bicyclic) bond motifs is 1. The Balaban J connectivity index is 0.00000111. The van der Waals surface area contributed by atoms with Crippen LogP contribution in [0.1, 0.15) is 40.2 Å². The number of carbonyl (C=O) groups is 2. The number of nitrogens with two attached hydrogens (primary N) is 1. The third-order valence-electron chi connectivity index (χ3n) is 6.90. The largest absolute Gasteiger partial charge is 0.508 e. The molecular formula is C34H42N4O7. The number of carboxylic acid groups (broad SMARTS) is 1. The Morgan fingerprint density at radius 2 is 1.44 bits per heavy atom. The first-order valence-corrected chi connectivity index (χ1v) is 14.3. The molecule has 0 saturated carbocycles. The van der Waals surface area contributed by atoms with Crippen molar-refractivity contribution in [2.75, 3.05) is 39.3 Å². The highest BCUT2D eigenvalue weighted by molar-refractivity contribution is 6.20. The molecule has 1 atom stereocenters. The van der Waals surface area contributed by atoms with E-state index in [1.54, 1.807) is 29.2 Å². The minimum absolute atomic E-state index is 0.0172. The van der Waals surface area contributed by atoms with Crippen molar-refractivity contribution < 1.29 is 35.1 Å². The first-order chi connectivity index (χ1) is 21.9. The molecule has 0 fully saturated rings. The lowest BCUT2D eigenvalue weighted by atomic mass is 10.0. The number of amides is 1. The zero-order valence-electron chi connectivity index (χ0n) is 25.7. The van der Waals surface area contributed by atoms with E-state index in [2.05, 4.69) is 4.98 Å². The number of benzene rings is 3. The number of nitrogens with one attached hydrogen (secondary N) is 1. The van der Waals surface area contributed by atoms with Crippen LogP contribution in [0.15, 0.2) is 89.9 Å². The van der Waals surface area contributed by atoms with Crippen LogP contribution in [-0.4, -0.2) is 88.6 Å². The van der Waals surface area contributed by atoms with Gasteiger partial charge in [-0.05, 0) is 60.7 Å². The van der Waals surface area contributed by atoms with Gasteiger partial charge in [-0.1, -0.05) is 66.7 Å². The maximum Gasteiger partial charge on any atom is 0.352 e. The Labute approximate surface area is 262 Å². The first-order valence-electron chi connectivity index (χ1n) is 14.3. The second-order valence-corrected chi connectivity index (χ2v) is 9.52. The summed E-state index contributed by atoms with van der Waals surface area (Å²) in [6.07, 6.45) is 1.62. The molecule has 2 heterocycles. The Hall–Kier alpha value is -4.81. The van der Waals surface area contributed by atoms with Gasteiger partial charge in [0, 0.05) is 33.4 Å². The number of aromatic nitrogens is 1. The van der Waals surface area contributed by atoms with Crippen molar-refractivity contribution in [1.82, 2.24) is 4.98 Å². The fourth-order valence-corrected chi connectivity index (χ4v) is 4.83. The normalized spacial score (nSPS) is 13.4. The highest BCUT2D eigenvalue weighted by Gasteiger charge is 2.34. The van der Waals surface area contributed by atoms with E-state index < -0.39 is 12.0 Å². The van der Waals surface area contributed by atoms with Gasteiger partial charge < -0.3 is 41.2 Å². The van der Waals surface area contributed by atoms with E-state index in [-0.39, 0.29) is 17.4 Å². The molecule has 0 bridgehead atoms. The van der Waals surface area contributed by atoms with Crippen molar-refractivity contribution in [3.05, 3.63) is 107 Å². The Morgan fingerprint density at radius 1 is 0.867 bits per heavy atom. The summed E-state index contributed by atoms with van der Waals surface area (Å²) in [5.41, 5.74) is 11.1. The van der Waals surface area contributed by atoms with Crippen molar-refractivity contribution in [1.29, 1.82) is 0 Å². The minimum atomic E-state index is -1.12. The molecule has 0 unspecified atom stereocenters. The van der Waals surface area contributed by atoms with Crippen LogP contribution in [0.4, 0.5) is 5.69 Å². The second-order valence-electron chi connectivity index (χ2n) is 9.52. The van der Waals surface area contributed by atoms with Gasteiger partial charge in [0.15, 0.2) is 0 Å². The molecular weight excluding hydrogens is 576 g/mol. The molecule has 11 heteroatoms. The number of hydrogen-bond acceptors (Lipinski definition) is 8. The first kappa shape index (κ1) is 36.4. The van der Waals surface area contributed by atoms with Gasteiger partial charge in [-0.3, -0.25) is 9.79 Å². The number of phenols is 1. The summed E-state index contributed by atoms with van der Waals surface area (Å²) in [5.74, 6) is -1.15. The summed E-state index contributed by atoms with van der Waals surface area (Å²) >= 11 is 0. The van der Waals surface area contributed by atoms with Gasteiger partial charge in [0.2, 0.25) is 0 Å². The fraction of sp³-hybridized carbons (Fsp3) is 0.265. The molecule has 240 valence electrons. The Morgan fingerprint density at radius 3 is 2.02 bits per heavy atom. The summed E-state index contributed by atoms with van der Waals surface area (Å²) in [7, 11) is 3.00. The van der Waals surface area contributed by atoms with Gasteiger partial charge >= 0.3 is 5.97 Å². The van der Waals surface area contributed by atoms with Crippen molar-refractivity contribution >= 4 is 23.3 Å². The number of H-pyrrole nitrogens is 1. The van der Waals surface area contributed by atoms with E-state index in [1.807, 2.05) is 54.6 Å². The number of aromatic carboxylic acids is 1. The number of aliphatic hydroxyl groups excluding tert-OH is 3. The monoisotopic (exact) mass is 618 g/mol. The number of aromatic hydroxyl groups is 1. The van der Waals surface area contributed by atoms with Gasteiger partial charge in [0.05, 0.1) is 17.1 Å². The third kappa shape index (κ3) is 9.34. The van der Waals surface area contributed by atoms with E-state index in [0.717, 1.165) is 43.6 Å². The van der Waals surface area contributed by atoms with E-state index in [9.17, 15) is 19.8 Å². The highest BCUT2D eigenvalue weighted by Crippen LogP contribution is 2.32. The molecule has 1 aliphatic rings. The quantitative estimate of drug-likeness (QED) is 0.148. The Bertz CT molecular complexity index is 1500. The maximum absolute atomic E-state index is 13.9. The molecule has 5 rings (SSSR count). The van der Waals surface area contributed by atoms with Crippen LogP contribution in [0.25, 0.3) is 11.1 Å². The lowest BCUT2D eigenvalue weighted by Gasteiger charge is -2.24. The van der Waals surface area contributed by atoms with E-state index in [4.69, 9.17) is 26.0 Å². The zero-order valence-corrected chi connectivity index (χ0v) is 25.7. The second kappa shape index (κ2) is 18.8. The van der Waals surface area contributed by atoms with Crippen LogP contribution in [0.2, 0.25) is 0 Å². The summed E-state index contributed by atoms with van der Waals surface area (Å²) < 4.78 is 0. The SMILES string of the molecule is CO.CO.CO.NCCC[C@@H]1N=C(c2ccc(-c3ccccc3)cc2)c2[nH]c(C(=O)O)cc2N(CCc2ccc(O)cc2)C1=O. The molecule has 0 aliphatic carbocycles. The number of aromatic amines is 1. The number of carboxylic acids is 1. The topological polar surface area (TPSA) is 193 Å². The predicted molar refractivity (Wildman–Crippen MR) is 176 cm³/mol. The predicted octanol–water partition coefficient (Wildman–Crippen LogP) is 3.45. The van der Waals surface area contributed by atoms with Crippen molar-refractivity contribution in [3.63, 3.8) is 0 Å². The van der Waals surface area contributed by atoms with Crippen LogP contribution in [-0.2, 0) is 11.2 Å². The van der Waals surface area contributed by atoms with E-state index in [1.165, 1.54) is 6.07 Å². The molecule has 3 aromatic carbocycles. The standard InChI is InChI=1S/C31H30N4O4.3CH4O/c32-17-4-7-25-30(37)35(18-16-20-8-14-24(36)15-9-20)27-19-26(31(38)39)34-29(27)28(33-25)23-12-10-22(11-13-23)21-5-2-1-3-6-21;3*1-2/h1-3,5-6,8-15,19,25,34,36H,4,7,16-18,32H2,(H,38,39);3*2H,1H3/t25-;;;/m0.../s1. The number of aliphatic imine (C=N–C) groups is 1. The fourth-order valence-electron chi connectivity index (χ4n) is 4.83. The molecule has 1 aliphatic heterocycles. The number of phenolic OH excluding ortho intramolecular Hbond substituents is 1. The molecule has 1 amide bonds. The summed E-state index contributed by atoms with van der Waals surface area (Å²) in [4.78, 5) is 35.4. The molecule has 0 saturated heterocycles. The van der Waals surface area contributed by atoms with Crippen molar-refractivity contribution in [3.8, 4) is 16.9 Å². The molecule has 11 nitrogen and oxygen atoms in total. The zero-order chi connectivity index (χ0) is 33.4. The average molecular weight is 619 g/mol. The lowest BCUT2D eigenvalue weighted by molar-refractivity contribution is -0.119. The van der Waals surface area contributed by atoms with Gasteiger partial charge in [-0.15, -0.1) is 0 Å². The van der Waals surface area contributed by atoms with Crippen molar-refractivity contribution in [2.24, 2.45) is 10.7 Å². The molecule has 8 N–H and O–H groups in total. The number of carbonyl (C=O) groups excluding carboxylic acids is 1. The molecule has 0 spiro atoms. The van der Waals surface area contributed by atoms with Gasteiger partial charge in [-0.25, -0.2) is 4.79 Å². The van der Waals surface area contributed by atoms with Crippen LogP contribution in [0.3, 0.4) is 0 Å². The number of anilines is 1. The Kier molecular flexibility index (Phi) is 15.2. The van der Waals surface area contributed by atoms with E-state index >= 15 is 0 Å². The van der Waals surface area contributed by atoms with E-state index in [0.29, 0.717) is 49.4 Å². The number of rotatable bonds is 9. The number of hydrogen-bond donors (Lipinski definition) is 7. The average Bonchev–Trinajstić information content (AvgIpc) is 3.50. The lowest BCUT2D eigenvalue weighted by Crippen LogP contribution is -2.39. The smallest absolute Gasteiger partial charge is 0.352 e. The molecule has 0 radical (unpaired) electrons. The molecule has 45 heavy (non-hydrogen) atoms. The van der Waals surface area contributed by atoms with Crippen LogP contribution in [0, 0.1) is 0 Å². The van der Waals surface area contributed by atoms with Crippen molar-refractivity contribution in [2.45, 2.75) is 25.3 Å². The van der Waals surface area contributed by atoms with Gasteiger partial charge in [-0.2, -0.15) is 0 Å². The van der Waals surface area contributed by atoms with Crippen LogP contribution < -0.4 is 10.6 Å². The minimum Gasteiger partial charge on any atom is -0.508 e. The van der Waals surface area contributed by atoms with Crippen LogP contribution >= 0.6 is 0 Å². The summed E-state index contributed by atoms with van der Waals surface area (Å²) in [6, 6.07) is 25.6. The summed E-state index contributed by atoms with van der Waals surface area (Å²) in [6.45, 7) is 0.755.